The van der Waals surface area contributed by atoms with Crippen LogP contribution in [0.3, 0.4) is 0 Å². The van der Waals surface area contributed by atoms with Crippen molar-refractivity contribution in [2.24, 2.45) is 5.92 Å². The molecule has 1 aliphatic rings. The number of aryl methyl sites for hydroxylation is 1. The molecule has 0 saturated heterocycles. The second-order valence-corrected chi connectivity index (χ2v) is 7.34. The van der Waals surface area contributed by atoms with Crippen LogP contribution in [0.15, 0.2) is 24.3 Å². The number of amides is 1. The molecule has 1 aromatic heterocycles. The molecule has 1 amide bonds. The highest BCUT2D eigenvalue weighted by atomic mass is 32.1. The number of nitrogens with two attached hydrogens (primary N) is 1. The van der Waals surface area contributed by atoms with Gasteiger partial charge in [-0.1, -0.05) is 31.9 Å². The number of benzene rings is 1. The lowest BCUT2D eigenvalue weighted by Gasteiger charge is -2.19. The van der Waals surface area contributed by atoms with E-state index in [0.29, 0.717) is 12.1 Å². The first kappa shape index (κ1) is 16.0. The third-order valence-corrected chi connectivity index (χ3v) is 5.36. The summed E-state index contributed by atoms with van der Waals surface area (Å²) < 4.78 is 0. The highest BCUT2D eigenvalue weighted by Crippen LogP contribution is 2.34. The molecule has 0 spiro atoms. The summed E-state index contributed by atoms with van der Waals surface area (Å²) in [5.41, 5.74) is 8.52. The molecule has 5 heteroatoms. The van der Waals surface area contributed by atoms with Crippen LogP contribution in [0.4, 0.5) is 10.8 Å². The Balaban J connectivity index is 1.60. The topological polar surface area (TPSA) is 68.0 Å². The quantitative estimate of drug-likeness (QED) is 0.820. The molecule has 0 bridgehead atoms. The summed E-state index contributed by atoms with van der Waals surface area (Å²) in [5.74, 6) is 0.761. The van der Waals surface area contributed by atoms with E-state index in [-0.39, 0.29) is 5.91 Å². The number of nitrogens with zero attached hydrogens (tertiary/aromatic N) is 1. The second-order valence-electron chi connectivity index (χ2n) is 6.25. The predicted molar refractivity (Wildman–Crippen MR) is 95.7 cm³/mol. The van der Waals surface area contributed by atoms with E-state index < -0.39 is 0 Å². The van der Waals surface area contributed by atoms with E-state index >= 15 is 0 Å². The van der Waals surface area contributed by atoms with Crippen LogP contribution in [0.5, 0.6) is 0 Å². The Morgan fingerprint density at radius 3 is 2.91 bits per heavy atom. The average Bonchev–Trinajstić information content (AvgIpc) is 2.91. The zero-order chi connectivity index (χ0) is 16.2. The Morgan fingerprint density at radius 2 is 2.17 bits per heavy atom. The van der Waals surface area contributed by atoms with Crippen LogP contribution < -0.4 is 11.1 Å². The molecule has 0 fully saturated rings. The van der Waals surface area contributed by atoms with Crippen molar-refractivity contribution in [3.63, 3.8) is 0 Å². The molecular formula is C18H23N3OS. The minimum atomic E-state index is -0.0222. The number of carbonyl (C=O) groups excluding carboxylic acids is 1. The molecule has 3 rings (SSSR count). The van der Waals surface area contributed by atoms with Gasteiger partial charge < -0.3 is 11.1 Å². The molecule has 1 aliphatic carbocycles. The van der Waals surface area contributed by atoms with Gasteiger partial charge in [-0.3, -0.25) is 4.79 Å². The average molecular weight is 329 g/mol. The molecule has 0 aliphatic heterocycles. The van der Waals surface area contributed by atoms with Gasteiger partial charge in [0.05, 0.1) is 12.1 Å². The number of hydrogen-bond acceptors (Lipinski definition) is 4. The van der Waals surface area contributed by atoms with Gasteiger partial charge in [-0.15, -0.1) is 11.3 Å². The van der Waals surface area contributed by atoms with Gasteiger partial charge in [-0.05, 0) is 42.9 Å². The zero-order valence-corrected chi connectivity index (χ0v) is 14.3. The van der Waals surface area contributed by atoms with E-state index in [1.807, 2.05) is 24.3 Å². The van der Waals surface area contributed by atoms with Gasteiger partial charge in [0.25, 0.3) is 0 Å². The lowest BCUT2D eigenvalue weighted by Crippen LogP contribution is -2.14. The summed E-state index contributed by atoms with van der Waals surface area (Å²) >= 11 is 1.64. The van der Waals surface area contributed by atoms with Crippen molar-refractivity contribution in [3.05, 3.63) is 40.4 Å². The summed E-state index contributed by atoms with van der Waals surface area (Å²) in [6.45, 7) is 2.24. The smallest absolute Gasteiger partial charge is 0.230 e. The molecular weight excluding hydrogens is 306 g/mol. The third kappa shape index (κ3) is 4.10. The number of thiazole rings is 1. The molecule has 0 radical (unpaired) electrons. The van der Waals surface area contributed by atoms with Gasteiger partial charge in [-0.2, -0.15) is 0 Å². The molecule has 1 aromatic carbocycles. The standard InChI is InChI=1S/C18H23N3OS/c1-2-3-12-6-9-15-16(10-12)23-18(20-15)21-17(22)11-13-4-7-14(19)8-5-13/h4-5,7-8,12H,2-3,6,9-11,19H2,1H3,(H,20,21,22). The number of nitrogens with one attached hydrogen (secondary N) is 1. The van der Waals surface area contributed by atoms with Crippen molar-refractivity contribution in [2.75, 3.05) is 11.1 Å². The van der Waals surface area contributed by atoms with Crippen LogP contribution in [0.25, 0.3) is 0 Å². The van der Waals surface area contributed by atoms with Crippen molar-refractivity contribution in [1.29, 1.82) is 0 Å². The van der Waals surface area contributed by atoms with Crippen LogP contribution in [-0.2, 0) is 24.1 Å². The lowest BCUT2D eigenvalue weighted by molar-refractivity contribution is -0.115. The number of carbonyl (C=O) groups is 1. The molecule has 1 unspecified atom stereocenters. The first-order valence-electron chi connectivity index (χ1n) is 8.27. The highest BCUT2D eigenvalue weighted by Gasteiger charge is 2.22. The maximum Gasteiger partial charge on any atom is 0.230 e. The number of nitrogen functional groups attached to an aromatic ring is 1. The summed E-state index contributed by atoms with van der Waals surface area (Å²) in [6, 6.07) is 7.41. The van der Waals surface area contributed by atoms with E-state index in [1.54, 1.807) is 11.3 Å². The van der Waals surface area contributed by atoms with E-state index in [4.69, 9.17) is 5.73 Å². The Kier molecular flexibility index (Phi) is 4.96. The summed E-state index contributed by atoms with van der Waals surface area (Å²) in [4.78, 5) is 18.1. The fraction of sp³-hybridized carbons (Fsp3) is 0.444. The highest BCUT2D eigenvalue weighted by molar-refractivity contribution is 7.15. The SMILES string of the molecule is CCCC1CCc2nc(NC(=O)Cc3ccc(N)cc3)sc2C1. The third-order valence-electron chi connectivity index (χ3n) is 4.33. The molecule has 1 heterocycles. The predicted octanol–water partition coefficient (Wildman–Crippen LogP) is 3.81. The Labute approximate surface area is 141 Å². The van der Waals surface area contributed by atoms with Crippen LogP contribution in [-0.4, -0.2) is 10.9 Å². The van der Waals surface area contributed by atoms with Gasteiger partial charge in [0.2, 0.25) is 5.91 Å². The van der Waals surface area contributed by atoms with Gasteiger partial charge in [0.15, 0.2) is 5.13 Å². The number of rotatable bonds is 5. The molecule has 3 N–H and O–H groups in total. The van der Waals surface area contributed by atoms with Gasteiger partial charge in [0, 0.05) is 10.6 Å². The first-order valence-corrected chi connectivity index (χ1v) is 9.08. The van der Waals surface area contributed by atoms with Crippen LogP contribution in [0, 0.1) is 5.92 Å². The van der Waals surface area contributed by atoms with Crippen molar-refractivity contribution < 1.29 is 4.79 Å². The number of aromatic nitrogens is 1. The Hall–Kier alpha value is -1.88. The number of hydrogen-bond donors (Lipinski definition) is 2. The fourth-order valence-corrected chi connectivity index (χ4v) is 4.27. The van der Waals surface area contributed by atoms with E-state index in [0.717, 1.165) is 29.5 Å². The van der Waals surface area contributed by atoms with Crippen molar-refractivity contribution in [3.8, 4) is 0 Å². The molecule has 23 heavy (non-hydrogen) atoms. The van der Waals surface area contributed by atoms with Crippen molar-refractivity contribution in [1.82, 2.24) is 4.98 Å². The summed E-state index contributed by atoms with van der Waals surface area (Å²) in [5, 5.41) is 3.69. The largest absolute Gasteiger partial charge is 0.399 e. The molecule has 122 valence electrons. The maximum absolute atomic E-state index is 12.2. The van der Waals surface area contributed by atoms with Gasteiger partial charge >= 0.3 is 0 Å². The van der Waals surface area contributed by atoms with E-state index in [9.17, 15) is 4.79 Å². The second kappa shape index (κ2) is 7.13. The first-order chi connectivity index (χ1) is 11.1. The number of fused-ring (bicyclic) bond motifs is 1. The van der Waals surface area contributed by atoms with Crippen LogP contribution in [0.2, 0.25) is 0 Å². The minimum Gasteiger partial charge on any atom is -0.399 e. The normalized spacial score (nSPS) is 16.8. The molecule has 0 saturated carbocycles. The monoisotopic (exact) mass is 329 g/mol. The van der Waals surface area contributed by atoms with Crippen LogP contribution in [0.1, 0.15) is 42.3 Å². The fourth-order valence-electron chi connectivity index (χ4n) is 3.14. The summed E-state index contributed by atoms with van der Waals surface area (Å²) in [6.07, 6.45) is 6.27. The molecule has 4 nitrogen and oxygen atoms in total. The van der Waals surface area contributed by atoms with Crippen LogP contribution >= 0.6 is 11.3 Å². The van der Waals surface area contributed by atoms with Gasteiger partial charge in [0.1, 0.15) is 0 Å². The van der Waals surface area contributed by atoms with E-state index in [1.165, 1.54) is 29.8 Å². The Morgan fingerprint density at radius 1 is 1.39 bits per heavy atom. The van der Waals surface area contributed by atoms with Crippen molar-refractivity contribution >= 4 is 28.1 Å². The number of anilines is 2. The summed E-state index contributed by atoms with van der Waals surface area (Å²) in [7, 11) is 0. The minimum absolute atomic E-state index is 0.0222. The lowest BCUT2D eigenvalue weighted by atomic mass is 9.88. The Bertz CT molecular complexity index is 678. The molecule has 1 atom stereocenters. The van der Waals surface area contributed by atoms with E-state index in [2.05, 4.69) is 17.2 Å². The van der Waals surface area contributed by atoms with Gasteiger partial charge in [-0.25, -0.2) is 4.98 Å². The van der Waals surface area contributed by atoms with Crippen molar-refractivity contribution in [2.45, 2.75) is 45.4 Å². The maximum atomic E-state index is 12.2. The zero-order valence-electron chi connectivity index (χ0n) is 13.5. The molecule has 2 aromatic rings.